The van der Waals surface area contributed by atoms with Crippen molar-refractivity contribution >= 4 is 35.5 Å². The Balaban J connectivity index is 0.00000196. The van der Waals surface area contributed by atoms with E-state index in [1.165, 1.54) is 25.9 Å². The third-order valence-electron chi connectivity index (χ3n) is 5.17. The molecule has 1 fully saturated rings. The summed E-state index contributed by atoms with van der Waals surface area (Å²) in [6.07, 6.45) is 5.46. The predicted molar refractivity (Wildman–Crippen MR) is 108 cm³/mol. The Labute approximate surface area is 161 Å². The number of carbonyl (C=O) groups excluding carboxylic acids is 1. The number of rotatable bonds is 4. The first-order valence-electron chi connectivity index (χ1n) is 9.08. The van der Waals surface area contributed by atoms with Crippen LogP contribution < -0.4 is 9.80 Å². The summed E-state index contributed by atoms with van der Waals surface area (Å²) in [6, 6.07) is 11.8. The highest BCUT2D eigenvalue weighted by atomic mass is 35.5. The molecule has 26 heavy (non-hydrogen) atoms. The van der Waals surface area contributed by atoms with Crippen molar-refractivity contribution in [2.24, 2.45) is 0 Å². The summed E-state index contributed by atoms with van der Waals surface area (Å²) >= 11 is 0. The van der Waals surface area contributed by atoms with Crippen LogP contribution in [0.4, 0.5) is 17.2 Å². The molecule has 4 rings (SSSR count). The van der Waals surface area contributed by atoms with Gasteiger partial charge in [-0.05, 0) is 63.2 Å². The van der Waals surface area contributed by atoms with Crippen molar-refractivity contribution in [1.82, 2.24) is 9.88 Å². The standard InChI is InChI=1S/C20H24N4O.ClH/c1-22-17-9-2-3-10-18(17)24(15-7-14-23-12-4-5-13-23)19-16(20(22)25)8-6-11-21-19;/h2-3,6,8-11H,4-5,7,12-15H2,1H3;1H. The molecule has 1 amide bonds. The smallest absolute Gasteiger partial charge is 0.261 e. The number of nitrogens with zero attached hydrogens (tertiary/aromatic N) is 4. The Morgan fingerprint density at radius 2 is 1.73 bits per heavy atom. The van der Waals surface area contributed by atoms with Crippen molar-refractivity contribution in [3.05, 3.63) is 48.2 Å². The van der Waals surface area contributed by atoms with Crippen LogP contribution in [0.25, 0.3) is 0 Å². The fraction of sp³-hybridized carbons (Fsp3) is 0.400. The van der Waals surface area contributed by atoms with Gasteiger partial charge in [0.25, 0.3) is 5.91 Å². The molecule has 0 unspecified atom stereocenters. The third kappa shape index (κ3) is 3.41. The van der Waals surface area contributed by atoms with Crippen LogP contribution in [-0.4, -0.2) is 49.0 Å². The normalized spacial score (nSPS) is 16.7. The highest BCUT2D eigenvalue weighted by molar-refractivity contribution is 6.12. The van der Waals surface area contributed by atoms with E-state index in [1.807, 2.05) is 37.4 Å². The number of amides is 1. The SMILES string of the molecule is CN1C(=O)c2cccnc2N(CCCN2CCCC2)c2ccccc21.Cl. The molecule has 138 valence electrons. The molecule has 1 saturated heterocycles. The van der Waals surface area contributed by atoms with Gasteiger partial charge in [-0.15, -0.1) is 12.4 Å². The van der Waals surface area contributed by atoms with Crippen LogP contribution in [0, 0.1) is 0 Å². The molecule has 0 N–H and O–H groups in total. The Hall–Kier alpha value is -2.11. The van der Waals surface area contributed by atoms with E-state index in [9.17, 15) is 4.79 Å². The van der Waals surface area contributed by atoms with E-state index in [1.54, 1.807) is 11.1 Å². The molecule has 1 aromatic carbocycles. The fourth-order valence-electron chi connectivity index (χ4n) is 3.84. The van der Waals surface area contributed by atoms with Crippen molar-refractivity contribution in [2.75, 3.05) is 43.0 Å². The number of carbonyl (C=O) groups is 1. The lowest BCUT2D eigenvalue weighted by molar-refractivity contribution is 0.0994. The van der Waals surface area contributed by atoms with Gasteiger partial charge in [0.05, 0.1) is 16.9 Å². The molecular formula is C20H25ClN4O. The molecule has 3 heterocycles. The van der Waals surface area contributed by atoms with Gasteiger partial charge in [0.2, 0.25) is 0 Å². The maximum absolute atomic E-state index is 12.9. The minimum absolute atomic E-state index is 0. The van der Waals surface area contributed by atoms with E-state index in [0.29, 0.717) is 5.56 Å². The molecule has 0 spiro atoms. The van der Waals surface area contributed by atoms with E-state index in [4.69, 9.17) is 0 Å². The lowest BCUT2D eigenvalue weighted by Gasteiger charge is -2.26. The largest absolute Gasteiger partial charge is 0.324 e. The Morgan fingerprint density at radius 3 is 2.50 bits per heavy atom. The first-order chi connectivity index (χ1) is 12.3. The van der Waals surface area contributed by atoms with Crippen molar-refractivity contribution in [2.45, 2.75) is 19.3 Å². The minimum Gasteiger partial charge on any atom is -0.324 e. The lowest BCUT2D eigenvalue weighted by atomic mass is 10.2. The van der Waals surface area contributed by atoms with Crippen LogP contribution in [0.3, 0.4) is 0 Å². The van der Waals surface area contributed by atoms with Crippen LogP contribution in [0.5, 0.6) is 0 Å². The average Bonchev–Trinajstić information content (AvgIpc) is 3.15. The average molecular weight is 373 g/mol. The van der Waals surface area contributed by atoms with Gasteiger partial charge in [0.15, 0.2) is 0 Å². The predicted octanol–water partition coefficient (Wildman–Crippen LogP) is 3.72. The van der Waals surface area contributed by atoms with Gasteiger partial charge in [-0.3, -0.25) is 4.79 Å². The molecule has 0 saturated carbocycles. The van der Waals surface area contributed by atoms with Gasteiger partial charge < -0.3 is 14.7 Å². The van der Waals surface area contributed by atoms with E-state index >= 15 is 0 Å². The van der Waals surface area contributed by atoms with Gasteiger partial charge in [-0.1, -0.05) is 12.1 Å². The summed E-state index contributed by atoms with van der Waals surface area (Å²) in [5.74, 6) is 0.767. The number of halogens is 1. The molecule has 2 aliphatic heterocycles. The second-order valence-corrected chi connectivity index (χ2v) is 6.78. The molecule has 0 radical (unpaired) electrons. The number of hydrogen-bond acceptors (Lipinski definition) is 4. The molecule has 6 heteroatoms. The zero-order valence-corrected chi connectivity index (χ0v) is 15.9. The van der Waals surface area contributed by atoms with E-state index < -0.39 is 0 Å². The van der Waals surface area contributed by atoms with Crippen molar-refractivity contribution in [3.63, 3.8) is 0 Å². The van der Waals surface area contributed by atoms with Crippen molar-refractivity contribution < 1.29 is 4.79 Å². The summed E-state index contributed by atoms with van der Waals surface area (Å²) in [4.78, 5) is 23.9. The zero-order valence-electron chi connectivity index (χ0n) is 15.1. The number of hydrogen-bond donors (Lipinski definition) is 0. The topological polar surface area (TPSA) is 39.7 Å². The number of likely N-dealkylation sites (tertiary alicyclic amines) is 1. The van der Waals surface area contributed by atoms with Crippen LogP contribution in [0.2, 0.25) is 0 Å². The number of fused-ring (bicyclic) bond motifs is 2. The highest BCUT2D eigenvalue weighted by Gasteiger charge is 2.29. The summed E-state index contributed by atoms with van der Waals surface area (Å²) in [7, 11) is 1.84. The summed E-state index contributed by atoms with van der Waals surface area (Å²) in [6.45, 7) is 4.39. The summed E-state index contributed by atoms with van der Waals surface area (Å²) in [5, 5.41) is 0. The van der Waals surface area contributed by atoms with Gasteiger partial charge in [0.1, 0.15) is 5.82 Å². The van der Waals surface area contributed by atoms with E-state index in [0.717, 1.165) is 36.7 Å². The van der Waals surface area contributed by atoms with E-state index in [2.05, 4.69) is 20.9 Å². The Morgan fingerprint density at radius 1 is 1.00 bits per heavy atom. The molecule has 1 aromatic heterocycles. The first-order valence-corrected chi connectivity index (χ1v) is 9.08. The second-order valence-electron chi connectivity index (χ2n) is 6.78. The Bertz CT molecular complexity index is 776. The number of para-hydroxylation sites is 2. The molecule has 2 aromatic rings. The van der Waals surface area contributed by atoms with Crippen molar-refractivity contribution in [1.29, 1.82) is 0 Å². The van der Waals surface area contributed by atoms with Crippen molar-refractivity contribution in [3.8, 4) is 0 Å². The minimum atomic E-state index is -0.00223. The Kier molecular flexibility index (Phi) is 5.79. The third-order valence-corrected chi connectivity index (χ3v) is 5.17. The molecule has 0 bridgehead atoms. The fourth-order valence-corrected chi connectivity index (χ4v) is 3.84. The summed E-state index contributed by atoms with van der Waals surface area (Å²) in [5.41, 5.74) is 2.66. The molecule has 5 nitrogen and oxygen atoms in total. The quantitative estimate of drug-likeness (QED) is 0.820. The number of pyridine rings is 1. The summed E-state index contributed by atoms with van der Waals surface area (Å²) < 4.78 is 0. The van der Waals surface area contributed by atoms with E-state index in [-0.39, 0.29) is 18.3 Å². The molecule has 0 aliphatic carbocycles. The lowest BCUT2D eigenvalue weighted by Crippen LogP contribution is -2.26. The number of aromatic nitrogens is 1. The first kappa shape index (κ1) is 18.7. The highest BCUT2D eigenvalue weighted by Crippen LogP contribution is 2.38. The molecule has 2 aliphatic rings. The van der Waals surface area contributed by atoms with Gasteiger partial charge in [-0.2, -0.15) is 0 Å². The monoisotopic (exact) mass is 372 g/mol. The van der Waals surface area contributed by atoms with Crippen LogP contribution in [0.15, 0.2) is 42.6 Å². The van der Waals surface area contributed by atoms with Gasteiger partial charge >= 0.3 is 0 Å². The number of benzene rings is 1. The zero-order chi connectivity index (χ0) is 17.2. The molecule has 0 atom stereocenters. The van der Waals surface area contributed by atoms with Crippen LogP contribution in [-0.2, 0) is 0 Å². The van der Waals surface area contributed by atoms with Gasteiger partial charge in [0, 0.05) is 19.8 Å². The maximum atomic E-state index is 12.9. The molecular weight excluding hydrogens is 348 g/mol. The maximum Gasteiger partial charge on any atom is 0.261 e. The van der Waals surface area contributed by atoms with Gasteiger partial charge in [-0.25, -0.2) is 4.98 Å². The number of anilines is 3. The second kappa shape index (κ2) is 8.06. The van der Waals surface area contributed by atoms with Crippen LogP contribution in [0.1, 0.15) is 29.6 Å². The van der Waals surface area contributed by atoms with Crippen LogP contribution >= 0.6 is 12.4 Å².